The number of likely N-dealkylation sites (N-methyl/N-ethyl adjacent to an activating group) is 1. The molecule has 0 spiro atoms. The number of aromatic nitrogens is 1. The highest BCUT2D eigenvalue weighted by atomic mass is 16.5. The van der Waals surface area contributed by atoms with Crippen molar-refractivity contribution in [1.82, 2.24) is 20.1 Å². The van der Waals surface area contributed by atoms with Crippen LogP contribution in [0.1, 0.15) is 26.3 Å². The number of likely N-dealkylation sites (tertiary alicyclic amines) is 1. The average molecular weight is 417 g/mol. The lowest BCUT2D eigenvalue weighted by Crippen LogP contribution is -2.46. The van der Waals surface area contributed by atoms with Crippen LogP contribution >= 0.6 is 0 Å². The van der Waals surface area contributed by atoms with Crippen molar-refractivity contribution in [2.75, 3.05) is 64.4 Å². The number of hydrogen-bond donors (Lipinski definition) is 1. The first-order valence-corrected chi connectivity index (χ1v) is 11.1. The van der Waals surface area contributed by atoms with Crippen molar-refractivity contribution in [3.05, 3.63) is 23.9 Å². The van der Waals surface area contributed by atoms with E-state index in [1.807, 2.05) is 12.3 Å². The van der Waals surface area contributed by atoms with Crippen molar-refractivity contribution in [2.24, 2.45) is 16.8 Å². The highest BCUT2D eigenvalue weighted by Crippen LogP contribution is 2.24. The van der Waals surface area contributed by atoms with E-state index in [0.717, 1.165) is 63.2 Å². The van der Waals surface area contributed by atoms with E-state index < -0.39 is 0 Å². The molecule has 1 aromatic heterocycles. The van der Waals surface area contributed by atoms with E-state index in [9.17, 15) is 4.79 Å². The molecule has 0 aliphatic carbocycles. The number of aliphatic imine (C=N–C) groups is 1. The molecule has 1 aromatic rings. The van der Waals surface area contributed by atoms with Gasteiger partial charge in [0.25, 0.3) is 0 Å². The molecule has 2 fully saturated rings. The van der Waals surface area contributed by atoms with E-state index in [2.05, 4.69) is 51.8 Å². The number of nitrogens with zero attached hydrogens (tertiary/aromatic N) is 5. The van der Waals surface area contributed by atoms with Gasteiger partial charge in [0.2, 0.25) is 0 Å². The van der Waals surface area contributed by atoms with Gasteiger partial charge in [0.05, 0.1) is 19.6 Å². The van der Waals surface area contributed by atoms with Gasteiger partial charge in [-0.3, -0.25) is 4.79 Å². The number of esters is 1. The molecule has 0 aromatic carbocycles. The predicted octanol–water partition coefficient (Wildman–Crippen LogP) is 1.43. The Morgan fingerprint density at radius 2 is 2.03 bits per heavy atom. The maximum atomic E-state index is 12.0. The van der Waals surface area contributed by atoms with Crippen molar-refractivity contribution in [3.63, 3.8) is 0 Å². The molecule has 2 atom stereocenters. The summed E-state index contributed by atoms with van der Waals surface area (Å²) < 4.78 is 4.97. The summed E-state index contributed by atoms with van der Waals surface area (Å²) in [6.07, 6.45) is 1.88. The van der Waals surface area contributed by atoms with Crippen LogP contribution in [0.25, 0.3) is 0 Å². The first-order chi connectivity index (χ1) is 14.5. The summed E-state index contributed by atoms with van der Waals surface area (Å²) in [5, 5.41) is 3.37. The summed E-state index contributed by atoms with van der Waals surface area (Å²) in [5.41, 5.74) is 1.14. The zero-order valence-corrected chi connectivity index (χ0v) is 18.8. The molecule has 1 N–H and O–H groups in total. The van der Waals surface area contributed by atoms with E-state index in [4.69, 9.17) is 9.73 Å². The number of ether oxygens (including phenoxy) is 1. The zero-order valence-electron chi connectivity index (χ0n) is 18.8. The lowest BCUT2D eigenvalue weighted by atomic mass is 9.99. The molecule has 2 unspecified atom stereocenters. The Hall–Kier alpha value is -2.35. The van der Waals surface area contributed by atoms with E-state index in [1.54, 1.807) is 0 Å². The highest BCUT2D eigenvalue weighted by Gasteiger charge is 2.36. The molecular formula is C22H36N6O2. The number of rotatable bonds is 6. The minimum absolute atomic E-state index is 0.104. The summed E-state index contributed by atoms with van der Waals surface area (Å²) in [6, 6.07) is 4.18. The van der Waals surface area contributed by atoms with Gasteiger partial charge in [-0.1, -0.05) is 13.8 Å². The van der Waals surface area contributed by atoms with Gasteiger partial charge in [0, 0.05) is 52.0 Å². The van der Waals surface area contributed by atoms with Gasteiger partial charge >= 0.3 is 5.97 Å². The van der Waals surface area contributed by atoms with Crippen molar-refractivity contribution in [2.45, 2.75) is 27.3 Å². The second kappa shape index (κ2) is 10.6. The van der Waals surface area contributed by atoms with Gasteiger partial charge in [0.1, 0.15) is 5.82 Å². The number of nitrogens with one attached hydrogen (secondary N) is 1. The van der Waals surface area contributed by atoms with Gasteiger partial charge < -0.3 is 24.8 Å². The van der Waals surface area contributed by atoms with Crippen LogP contribution in [0.2, 0.25) is 0 Å². The van der Waals surface area contributed by atoms with Gasteiger partial charge in [0.15, 0.2) is 5.96 Å². The minimum Gasteiger partial charge on any atom is -0.469 e. The molecule has 0 radical (unpaired) electrons. The minimum atomic E-state index is -0.136. The van der Waals surface area contributed by atoms with Crippen LogP contribution in [0, 0.1) is 11.8 Å². The van der Waals surface area contributed by atoms with Crippen LogP contribution in [-0.4, -0.2) is 86.2 Å². The highest BCUT2D eigenvalue weighted by molar-refractivity contribution is 5.82. The Labute approximate surface area is 180 Å². The number of pyridine rings is 1. The van der Waals surface area contributed by atoms with Crippen LogP contribution in [0.15, 0.2) is 23.3 Å². The molecule has 3 rings (SSSR count). The van der Waals surface area contributed by atoms with Crippen LogP contribution in [0.4, 0.5) is 5.82 Å². The molecule has 2 saturated heterocycles. The quantitative estimate of drug-likeness (QED) is 0.427. The molecule has 30 heavy (non-hydrogen) atoms. The lowest BCUT2D eigenvalue weighted by molar-refractivity contribution is -0.145. The molecular weight excluding hydrogens is 380 g/mol. The number of carbonyl (C=O) groups is 1. The van der Waals surface area contributed by atoms with E-state index in [0.29, 0.717) is 13.1 Å². The topological polar surface area (TPSA) is 73.3 Å². The monoisotopic (exact) mass is 416 g/mol. The molecule has 0 bridgehead atoms. The normalized spacial score (nSPS) is 23.0. The van der Waals surface area contributed by atoms with Gasteiger partial charge in [-0.25, -0.2) is 9.98 Å². The van der Waals surface area contributed by atoms with Gasteiger partial charge in [-0.2, -0.15) is 0 Å². The summed E-state index contributed by atoms with van der Waals surface area (Å²) in [4.78, 5) is 28.5. The fourth-order valence-corrected chi connectivity index (χ4v) is 4.21. The SMILES string of the molecule is CCNC(=NCc1ccnc(N2CCN(CC)CC2)c1)N1CC(C)C(C(=O)OC)C1. The van der Waals surface area contributed by atoms with Crippen molar-refractivity contribution >= 4 is 17.7 Å². The van der Waals surface area contributed by atoms with Gasteiger partial charge in [-0.15, -0.1) is 0 Å². The molecule has 2 aliphatic rings. The van der Waals surface area contributed by atoms with Crippen LogP contribution in [0.5, 0.6) is 0 Å². The summed E-state index contributed by atoms with van der Waals surface area (Å²) in [5.74, 6) is 1.89. The summed E-state index contributed by atoms with van der Waals surface area (Å²) in [6.45, 7) is 14.5. The van der Waals surface area contributed by atoms with Gasteiger partial charge in [-0.05, 0) is 37.1 Å². The largest absolute Gasteiger partial charge is 0.469 e. The Bertz CT molecular complexity index is 732. The van der Waals surface area contributed by atoms with Crippen LogP contribution in [0.3, 0.4) is 0 Å². The van der Waals surface area contributed by atoms with Crippen molar-refractivity contribution in [3.8, 4) is 0 Å². The fourth-order valence-electron chi connectivity index (χ4n) is 4.21. The Balaban J connectivity index is 1.66. The molecule has 166 valence electrons. The van der Waals surface area contributed by atoms with Crippen molar-refractivity contribution < 1.29 is 9.53 Å². The zero-order chi connectivity index (χ0) is 21.5. The molecule has 8 nitrogen and oxygen atoms in total. The maximum Gasteiger partial charge on any atom is 0.310 e. The van der Waals surface area contributed by atoms with Crippen LogP contribution < -0.4 is 10.2 Å². The predicted molar refractivity (Wildman–Crippen MR) is 120 cm³/mol. The lowest BCUT2D eigenvalue weighted by Gasteiger charge is -2.34. The van der Waals surface area contributed by atoms with Crippen molar-refractivity contribution in [1.29, 1.82) is 0 Å². The molecule has 2 aliphatic heterocycles. The first kappa shape index (κ1) is 22.3. The number of carbonyl (C=O) groups excluding carboxylic acids is 1. The summed E-state index contributed by atoms with van der Waals surface area (Å²) in [7, 11) is 1.46. The average Bonchev–Trinajstić information content (AvgIpc) is 3.17. The standard InChI is InChI=1S/C22H36N6O2/c1-5-23-22(28-15-17(3)19(16-28)21(29)30-4)25-14-18-7-8-24-20(13-18)27-11-9-26(6-2)10-12-27/h7-8,13,17,19H,5-6,9-12,14-16H2,1-4H3,(H,23,25). The number of anilines is 1. The second-order valence-electron chi connectivity index (χ2n) is 8.13. The Morgan fingerprint density at radius 3 is 2.70 bits per heavy atom. The number of piperazine rings is 1. The first-order valence-electron chi connectivity index (χ1n) is 11.1. The van der Waals surface area contributed by atoms with E-state index >= 15 is 0 Å². The third-order valence-electron chi connectivity index (χ3n) is 6.12. The third kappa shape index (κ3) is 5.41. The Morgan fingerprint density at radius 1 is 1.27 bits per heavy atom. The summed E-state index contributed by atoms with van der Waals surface area (Å²) >= 11 is 0. The second-order valence-corrected chi connectivity index (χ2v) is 8.13. The number of methoxy groups -OCH3 is 1. The smallest absolute Gasteiger partial charge is 0.310 e. The number of guanidine groups is 1. The Kier molecular flexibility index (Phi) is 7.90. The van der Waals surface area contributed by atoms with Crippen LogP contribution in [-0.2, 0) is 16.1 Å². The molecule has 3 heterocycles. The number of hydrogen-bond acceptors (Lipinski definition) is 6. The van der Waals surface area contributed by atoms with E-state index in [1.165, 1.54) is 7.11 Å². The third-order valence-corrected chi connectivity index (χ3v) is 6.12. The fraction of sp³-hybridized carbons (Fsp3) is 0.682. The molecule has 0 saturated carbocycles. The molecule has 0 amide bonds. The molecule has 8 heteroatoms. The van der Waals surface area contributed by atoms with E-state index in [-0.39, 0.29) is 17.8 Å². The maximum absolute atomic E-state index is 12.0.